The molecule has 1 heterocycles. The van der Waals surface area contributed by atoms with Crippen molar-refractivity contribution in [2.24, 2.45) is 0 Å². The lowest BCUT2D eigenvalue weighted by molar-refractivity contribution is -0.121. The molecule has 0 saturated heterocycles. The smallest absolute Gasteiger partial charge is 0.220 e. The van der Waals surface area contributed by atoms with Crippen LogP contribution in [0, 0.1) is 12.7 Å². The third-order valence-electron chi connectivity index (χ3n) is 4.52. The van der Waals surface area contributed by atoms with Crippen molar-refractivity contribution < 1.29 is 9.18 Å². The second-order valence-corrected chi connectivity index (χ2v) is 6.08. The van der Waals surface area contributed by atoms with Crippen LogP contribution in [0.25, 0.3) is 11.1 Å². The lowest BCUT2D eigenvalue weighted by Crippen LogP contribution is -2.30. The van der Waals surface area contributed by atoms with Crippen molar-refractivity contribution >= 4 is 5.91 Å². The Morgan fingerprint density at radius 1 is 1.39 bits per heavy atom. The number of carbonyl (C=O) groups excluding carboxylic acids is 1. The molecule has 1 unspecified atom stereocenters. The molecule has 1 aliphatic rings. The van der Waals surface area contributed by atoms with Crippen LogP contribution in [0.15, 0.2) is 30.6 Å². The van der Waals surface area contributed by atoms with E-state index in [-0.39, 0.29) is 17.8 Å². The van der Waals surface area contributed by atoms with Crippen LogP contribution in [0.5, 0.6) is 0 Å². The summed E-state index contributed by atoms with van der Waals surface area (Å²) in [5.74, 6) is -0.151. The summed E-state index contributed by atoms with van der Waals surface area (Å²) in [7, 11) is 0. The number of aryl methyl sites for hydroxylation is 1. The minimum Gasteiger partial charge on any atom is -0.349 e. The van der Waals surface area contributed by atoms with E-state index in [1.165, 1.54) is 5.56 Å². The van der Waals surface area contributed by atoms with Gasteiger partial charge in [-0.25, -0.2) is 4.39 Å². The Hall–Kier alpha value is -2.23. The molecular formula is C19H21FN2O. The number of hydrogen-bond acceptors (Lipinski definition) is 2. The van der Waals surface area contributed by atoms with Crippen molar-refractivity contribution in [1.82, 2.24) is 10.3 Å². The summed E-state index contributed by atoms with van der Waals surface area (Å²) >= 11 is 0. The van der Waals surface area contributed by atoms with Crippen molar-refractivity contribution in [3.63, 3.8) is 0 Å². The maximum absolute atomic E-state index is 13.9. The maximum atomic E-state index is 13.9. The van der Waals surface area contributed by atoms with E-state index in [2.05, 4.69) is 10.3 Å². The summed E-state index contributed by atoms with van der Waals surface area (Å²) in [5.41, 5.74) is 4.70. The summed E-state index contributed by atoms with van der Waals surface area (Å²) in [5, 5.41) is 3.07. The number of halogens is 1. The van der Waals surface area contributed by atoms with E-state index >= 15 is 0 Å². The Balaban J connectivity index is 2.02. The van der Waals surface area contributed by atoms with Gasteiger partial charge in [-0.15, -0.1) is 0 Å². The molecule has 3 nitrogen and oxygen atoms in total. The number of pyridine rings is 1. The van der Waals surface area contributed by atoms with Crippen molar-refractivity contribution in [2.45, 2.75) is 45.6 Å². The van der Waals surface area contributed by atoms with Gasteiger partial charge in [0.25, 0.3) is 0 Å². The summed E-state index contributed by atoms with van der Waals surface area (Å²) < 4.78 is 13.9. The molecular weight excluding hydrogens is 291 g/mol. The highest BCUT2D eigenvalue weighted by Crippen LogP contribution is 2.36. The Morgan fingerprint density at radius 2 is 2.22 bits per heavy atom. The van der Waals surface area contributed by atoms with Crippen LogP contribution in [0.1, 0.15) is 48.9 Å². The molecule has 0 radical (unpaired) electrons. The number of nitrogens with zero attached hydrogens (tertiary/aromatic N) is 1. The molecule has 0 aliphatic heterocycles. The highest BCUT2D eigenvalue weighted by molar-refractivity contribution is 5.76. The normalized spacial score (nSPS) is 16.7. The van der Waals surface area contributed by atoms with Gasteiger partial charge in [0.2, 0.25) is 5.91 Å². The molecule has 1 N–H and O–H groups in total. The number of hydrogen-bond donors (Lipinski definition) is 1. The minimum absolute atomic E-state index is 0.00828. The Bertz CT molecular complexity index is 742. The average Bonchev–Trinajstić information content (AvgIpc) is 2.57. The third kappa shape index (κ3) is 3.11. The number of rotatable bonds is 3. The first-order valence-electron chi connectivity index (χ1n) is 8.12. The van der Waals surface area contributed by atoms with Crippen LogP contribution >= 0.6 is 0 Å². The van der Waals surface area contributed by atoms with Crippen LogP contribution in [0.2, 0.25) is 0 Å². The van der Waals surface area contributed by atoms with Gasteiger partial charge in [-0.2, -0.15) is 0 Å². The lowest BCUT2D eigenvalue weighted by atomic mass is 9.84. The zero-order chi connectivity index (χ0) is 16.4. The molecule has 0 spiro atoms. The van der Waals surface area contributed by atoms with E-state index in [1.54, 1.807) is 25.3 Å². The van der Waals surface area contributed by atoms with Gasteiger partial charge in [0.05, 0.1) is 6.04 Å². The van der Waals surface area contributed by atoms with E-state index < -0.39 is 0 Å². The van der Waals surface area contributed by atoms with Gasteiger partial charge >= 0.3 is 0 Å². The number of carbonyl (C=O) groups is 1. The lowest BCUT2D eigenvalue weighted by Gasteiger charge is -2.27. The summed E-state index contributed by atoms with van der Waals surface area (Å²) in [4.78, 5) is 16.1. The molecule has 1 aliphatic carbocycles. The van der Waals surface area contributed by atoms with Gasteiger partial charge in [0.15, 0.2) is 0 Å². The van der Waals surface area contributed by atoms with Crippen LogP contribution in [-0.4, -0.2) is 10.9 Å². The molecule has 4 heteroatoms. The standard InChI is InChI=1S/C19H21FN2O/c1-3-19(23)22-18-6-4-5-14-15(10-21-11-16(14)18)13-8-7-12(2)17(20)9-13/h7-11,18H,3-6H2,1-2H3,(H,22,23). The fraction of sp³-hybridized carbons (Fsp3) is 0.368. The number of aromatic nitrogens is 1. The van der Waals surface area contributed by atoms with Crippen LogP contribution in [-0.2, 0) is 11.2 Å². The zero-order valence-corrected chi connectivity index (χ0v) is 13.5. The molecule has 23 heavy (non-hydrogen) atoms. The van der Waals surface area contributed by atoms with E-state index in [9.17, 15) is 9.18 Å². The van der Waals surface area contributed by atoms with Gasteiger partial charge in [0, 0.05) is 24.4 Å². The molecule has 1 amide bonds. The maximum Gasteiger partial charge on any atom is 0.220 e. The molecule has 0 bridgehead atoms. The predicted octanol–water partition coefficient (Wildman–Crippen LogP) is 4.10. The molecule has 1 aromatic heterocycles. The second-order valence-electron chi connectivity index (χ2n) is 6.08. The minimum atomic E-state index is -0.202. The highest BCUT2D eigenvalue weighted by Gasteiger charge is 2.24. The quantitative estimate of drug-likeness (QED) is 0.927. The van der Waals surface area contributed by atoms with E-state index in [0.29, 0.717) is 12.0 Å². The van der Waals surface area contributed by atoms with Crippen LogP contribution < -0.4 is 5.32 Å². The van der Waals surface area contributed by atoms with E-state index in [0.717, 1.165) is 36.0 Å². The molecule has 0 fully saturated rings. The number of nitrogens with one attached hydrogen (secondary N) is 1. The van der Waals surface area contributed by atoms with Gasteiger partial charge in [-0.1, -0.05) is 19.1 Å². The average molecular weight is 312 g/mol. The Kier molecular flexibility index (Phi) is 4.42. The van der Waals surface area contributed by atoms with E-state index in [1.807, 2.05) is 19.2 Å². The van der Waals surface area contributed by atoms with Gasteiger partial charge in [0.1, 0.15) is 5.82 Å². The monoisotopic (exact) mass is 312 g/mol. The molecule has 120 valence electrons. The fourth-order valence-electron chi connectivity index (χ4n) is 3.18. The Labute approximate surface area is 135 Å². The Morgan fingerprint density at radius 3 is 2.96 bits per heavy atom. The predicted molar refractivity (Wildman–Crippen MR) is 88.5 cm³/mol. The fourth-order valence-corrected chi connectivity index (χ4v) is 3.18. The topological polar surface area (TPSA) is 42.0 Å². The molecule has 0 saturated carbocycles. The third-order valence-corrected chi connectivity index (χ3v) is 4.52. The zero-order valence-electron chi connectivity index (χ0n) is 13.5. The first-order chi connectivity index (χ1) is 11.1. The molecule has 1 atom stereocenters. The van der Waals surface area contributed by atoms with E-state index in [4.69, 9.17) is 0 Å². The summed E-state index contributed by atoms with van der Waals surface area (Å²) in [6, 6.07) is 5.31. The van der Waals surface area contributed by atoms with Crippen LogP contribution in [0.3, 0.4) is 0 Å². The van der Waals surface area contributed by atoms with Gasteiger partial charge < -0.3 is 5.32 Å². The summed E-state index contributed by atoms with van der Waals surface area (Å²) in [6.45, 7) is 3.61. The first-order valence-corrected chi connectivity index (χ1v) is 8.12. The van der Waals surface area contributed by atoms with Gasteiger partial charge in [-0.05, 0) is 54.5 Å². The number of fused-ring (bicyclic) bond motifs is 1. The molecule has 1 aromatic carbocycles. The van der Waals surface area contributed by atoms with Crippen molar-refractivity contribution in [3.8, 4) is 11.1 Å². The second kappa shape index (κ2) is 6.49. The number of amides is 1. The SMILES string of the molecule is CCC(=O)NC1CCCc2c(-c3ccc(C)c(F)c3)cncc21. The first kappa shape index (κ1) is 15.7. The van der Waals surface area contributed by atoms with Crippen molar-refractivity contribution in [3.05, 3.63) is 53.1 Å². The largest absolute Gasteiger partial charge is 0.349 e. The molecule has 2 aromatic rings. The molecule has 3 rings (SSSR count). The highest BCUT2D eigenvalue weighted by atomic mass is 19.1. The van der Waals surface area contributed by atoms with Gasteiger partial charge in [-0.3, -0.25) is 9.78 Å². The van der Waals surface area contributed by atoms with Crippen LogP contribution in [0.4, 0.5) is 4.39 Å². The number of benzene rings is 1. The van der Waals surface area contributed by atoms with Crippen molar-refractivity contribution in [1.29, 1.82) is 0 Å². The summed E-state index contributed by atoms with van der Waals surface area (Å²) in [6.07, 6.45) is 6.97. The van der Waals surface area contributed by atoms with Crippen molar-refractivity contribution in [2.75, 3.05) is 0 Å².